The van der Waals surface area contributed by atoms with Crippen molar-refractivity contribution < 1.29 is 14.0 Å². The van der Waals surface area contributed by atoms with E-state index < -0.39 is 0 Å². The van der Waals surface area contributed by atoms with E-state index in [1.807, 2.05) is 0 Å². The first-order valence-electron chi connectivity index (χ1n) is 11.6. The predicted octanol–water partition coefficient (Wildman–Crippen LogP) is 5.44. The van der Waals surface area contributed by atoms with Crippen LogP contribution >= 0.6 is 0 Å². The van der Waals surface area contributed by atoms with Crippen LogP contribution in [-0.4, -0.2) is 35.8 Å². The van der Waals surface area contributed by atoms with E-state index in [0.29, 0.717) is 18.1 Å². The summed E-state index contributed by atoms with van der Waals surface area (Å²) in [5.74, 6) is 3.16. The summed E-state index contributed by atoms with van der Waals surface area (Å²) in [4.78, 5) is 0. The maximum atomic E-state index is 6.81. The van der Waals surface area contributed by atoms with Crippen LogP contribution in [-0.2, 0) is 17.9 Å². The van der Waals surface area contributed by atoms with Gasteiger partial charge in [-0.25, -0.2) is 0 Å². The molecule has 0 radical (unpaired) electrons. The fourth-order valence-electron chi connectivity index (χ4n) is 7.82. The second-order valence-corrected chi connectivity index (χ2v) is 10.5. The molecule has 2 aromatic carbocycles. The number of methoxy groups -OCH3 is 1. The second-order valence-electron chi connectivity index (χ2n) is 10.5. The molecule has 1 aliphatic carbocycles. The second kappa shape index (κ2) is 7.10. The average Bonchev–Trinajstić information content (AvgIpc) is 3.28. The lowest BCUT2D eigenvalue weighted by molar-refractivity contribution is -0.967. The molecule has 2 heterocycles. The van der Waals surface area contributed by atoms with E-state index in [2.05, 4.69) is 75.4 Å². The van der Waals surface area contributed by atoms with Crippen molar-refractivity contribution in [3.05, 3.63) is 65.7 Å². The predicted molar refractivity (Wildman–Crippen MR) is 120 cm³/mol. The summed E-state index contributed by atoms with van der Waals surface area (Å²) in [5.41, 5.74) is 2.94. The zero-order valence-electron chi connectivity index (χ0n) is 18.9. The summed E-state index contributed by atoms with van der Waals surface area (Å²) < 4.78 is 13.4. The summed E-state index contributed by atoms with van der Waals surface area (Å²) in [6.45, 7) is 11.7. The van der Waals surface area contributed by atoms with Crippen LogP contribution in [0.1, 0.15) is 44.7 Å². The summed E-state index contributed by atoms with van der Waals surface area (Å²) >= 11 is 0. The molecule has 6 atom stereocenters. The van der Waals surface area contributed by atoms with Gasteiger partial charge < -0.3 is 14.0 Å². The first-order valence-corrected chi connectivity index (χ1v) is 11.6. The van der Waals surface area contributed by atoms with Crippen LogP contribution in [0.2, 0.25) is 0 Å². The Kier molecular flexibility index (Phi) is 4.75. The molecular weight excluding hydrogens is 370 g/mol. The van der Waals surface area contributed by atoms with Gasteiger partial charge in [0.2, 0.25) is 0 Å². The Balaban J connectivity index is 1.46. The quantitative estimate of drug-likeness (QED) is 0.595. The van der Waals surface area contributed by atoms with Crippen molar-refractivity contribution in [1.29, 1.82) is 0 Å². The van der Waals surface area contributed by atoms with E-state index in [9.17, 15) is 0 Å². The number of hydrogen-bond acceptors (Lipinski definition) is 2. The number of benzene rings is 2. The molecule has 0 aromatic heterocycles. The van der Waals surface area contributed by atoms with Crippen LogP contribution in [0.4, 0.5) is 0 Å². The number of hydrogen-bond donors (Lipinski definition) is 0. The fraction of sp³-hybridized carbons (Fsp3) is 0.556. The van der Waals surface area contributed by atoms with Gasteiger partial charge in [-0.15, -0.1) is 0 Å². The SMILES string of the molecule is COc1ccc(C[N@@+]23C[C@@H](C)[C@@H]4CC[C@@H]([C@@]42C)[C@](C)(OCc2ccccc2)C3)cc1. The van der Waals surface area contributed by atoms with Gasteiger partial charge in [-0.05, 0) is 56.5 Å². The van der Waals surface area contributed by atoms with E-state index in [0.717, 1.165) is 30.7 Å². The van der Waals surface area contributed by atoms with Crippen molar-refractivity contribution in [2.45, 2.75) is 57.9 Å². The van der Waals surface area contributed by atoms with Gasteiger partial charge in [-0.3, -0.25) is 0 Å². The third kappa shape index (κ3) is 2.85. The average molecular weight is 407 g/mol. The molecule has 0 N–H and O–H groups in total. The monoisotopic (exact) mass is 406 g/mol. The first kappa shape index (κ1) is 20.1. The van der Waals surface area contributed by atoms with Gasteiger partial charge >= 0.3 is 0 Å². The largest absolute Gasteiger partial charge is 0.497 e. The highest BCUT2D eigenvalue weighted by atomic mass is 16.5. The van der Waals surface area contributed by atoms with Gasteiger partial charge in [0, 0.05) is 23.3 Å². The minimum absolute atomic E-state index is 0.0635. The first-order chi connectivity index (χ1) is 14.4. The van der Waals surface area contributed by atoms with Gasteiger partial charge in [0.1, 0.15) is 30.0 Å². The van der Waals surface area contributed by atoms with E-state index in [4.69, 9.17) is 9.47 Å². The Morgan fingerprint density at radius 2 is 1.70 bits per heavy atom. The van der Waals surface area contributed by atoms with Crippen molar-refractivity contribution in [3.63, 3.8) is 0 Å². The van der Waals surface area contributed by atoms with Crippen LogP contribution in [0.15, 0.2) is 54.6 Å². The minimum atomic E-state index is -0.0635. The molecule has 3 heteroatoms. The number of quaternary nitrogens is 1. The number of rotatable bonds is 6. The molecule has 3 fully saturated rings. The minimum Gasteiger partial charge on any atom is -0.497 e. The molecule has 30 heavy (non-hydrogen) atoms. The number of ether oxygens (including phenoxy) is 2. The van der Waals surface area contributed by atoms with Crippen LogP contribution in [0.25, 0.3) is 0 Å². The van der Waals surface area contributed by atoms with Gasteiger partial charge in [-0.2, -0.15) is 0 Å². The molecule has 0 spiro atoms. The summed E-state index contributed by atoms with van der Waals surface area (Å²) in [7, 11) is 1.74. The molecule has 2 saturated heterocycles. The van der Waals surface area contributed by atoms with Gasteiger partial charge in [-0.1, -0.05) is 37.3 Å². The van der Waals surface area contributed by atoms with Crippen molar-refractivity contribution in [1.82, 2.24) is 0 Å². The van der Waals surface area contributed by atoms with Crippen molar-refractivity contribution >= 4 is 0 Å². The third-order valence-electron chi connectivity index (χ3n) is 8.98. The van der Waals surface area contributed by atoms with E-state index in [1.54, 1.807) is 7.11 Å². The lowest BCUT2D eigenvalue weighted by Crippen LogP contribution is -2.57. The Morgan fingerprint density at radius 1 is 0.967 bits per heavy atom. The molecule has 2 aliphatic heterocycles. The third-order valence-corrected chi connectivity index (χ3v) is 8.98. The summed E-state index contributed by atoms with van der Waals surface area (Å²) in [6, 6.07) is 19.4. The van der Waals surface area contributed by atoms with Crippen LogP contribution in [0.5, 0.6) is 5.75 Å². The highest BCUT2D eigenvalue weighted by molar-refractivity contribution is 5.27. The molecular formula is C27H36NO2+. The van der Waals surface area contributed by atoms with Crippen molar-refractivity contribution in [3.8, 4) is 5.75 Å². The Morgan fingerprint density at radius 3 is 2.40 bits per heavy atom. The highest BCUT2D eigenvalue weighted by Gasteiger charge is 2.76. The van der Waals surface area contributed by atoms with Crippen LogP contribution in [0.3, 0.4) is 0 Å². The van der Waals surface area contributed by atoms with Gasteiger partial charge in [0.05, 0.1) is 20.3 Å². The molecule has 160 valence electrons. The molecule has 0 bridgehead atoms. The maximum Gasteiger partial charge on any atom is 0.123 e. The lowest BCUT2D eigenvalue weighted by Gasteiger charge is -2.43. The number of nitrogens with zero attached hydrogens (tertiary/aromatic N) is 1. The van der Waals surface area contributed by atoms with Gasteiger partial charge in [0.15, 0.2) is 0 Å². The Bertz CT molecular complexity index is 897. The zero-order valence-corrected chi connectivity index (χ0v) is 18.9. The molecule has 0 unspecified atom stereocenters. The molecule has 5 rings (SSSR count). The Labute approximate surface area is 181 Å². The molecule has 3 nitrogen and oxygen atoms in total. The lowest BCUT2D eigenvalue weighted by atomic mass is 9.76. The Hall–Kier alpha value is -1.84. The van der Waals surface area contributed by atoms with Crippen molar-refractivity contribution in [2.24, 2.45) is 17.8 Å². The van der Waals surface area contributed by atoms with E-state index >= 15 is 0 Å². The molecule has 1 saturated carbocycles. The van der Waals surface area contributed by atoms with E-state index in [-0.39, 0.29) is 5.60 Å². The fourth-order valence-corrected chi connectivity index (χ4v) is 7.82. The zero-order chi connectivity index (χ0) is 21.0. The summed E-state index contributed by atoms with van der Waals surface area (Å²) in [6.07, 6.45) is 2.66. The smallest absolute Gasteiger partial charge is 0.123 e. The normalized spacial score (nSPS) is 39.3. The van der Waals surface area contributed by atoms with Crippen molar-refractivity contribution in [2.75, 3.05) is 20.2 Å². The van der Waals surface area contributed by atoms with Crippen LogP contribution in [0, 0.1) is 17.8 Å². The maximum absolute atomic E-state index is 6.81. The van der Waals surface area contributed by atoms with Crippen LogP contribution < -0.4 is 4.74 Å². The standard InChI is InChI=1S/C27H36NO2/c1-20-16-28(17-21-10-12-23(29-4)13-11-21)19-26(2,25-15-14-24(20)27(25,28)3)30-18-22-8-6-5-7-9-22/h5-13,20,24-25H,14-19H2,1-4H3/q+1/t20-,24+,25-,26-,27-,28-/m1/s1. The molecule has 3 aliphatic rings. The topological polar surface area (TPSA) is 18.5 Å². The molecule has 0 amide bonds. The van der Waals surface area contributed by atoms with E-state index in [1.165, 1.54) is 35.0 Å². The highest BCUT2D eigenvalue weighted by Crippen LogP contribution is 2.65. The van der Waals surface area contributed by atoms with Gasteiger partial charge in [0.25, 0.3) is 0 Å². The summed E-state index contributed by atoms with van der Waals surface area (Å²) in [5, 5.41) is 0. The molecule has 2 aromatic rings.